The normalized spacial score (nSPS) is 17.0. The van der Waals surface area contributed by atoms with Crippen LogP contribution in [0.25, 0.3) is 0 Å². The minimum Gasteiger partial charge on any atom is -0.414 e. The first-order valence-corrected chi connectivity index (χ1v) is 24.9. The lowest BCUT2D eigenvalue weighted by Crippen LogP contribution is -2.46. The monoisotopic (exact) mass is 636 g/mol. The first-order valence-electron chi connectivity index (χ1n) is 16.9. The van der Waals surface area contributed by atoms with Gasteiger partial charge in [-0.05, 0) is 78.1 Å². The van der Waals surface area contributed by atoms with Crippen LogP contribution in [0.5, 0.6) is 0 Å². The Bertz CT molecular complexity index is 873. The molecule has 0 saturated carbocycles. The molecule has 246 valence electrons. The summed E-state index contributed by atoms with van der Waals surface area (Å²) in [7, 11) is -5.79. The van der Waals surface area contributed by atoms with Gasteiger partial charge in [0, 0.05) is 18.4 Å². The predicted octanol–water partition coefficient (Wildman–Crippen LogP) is 11.6. The van der Waals surface area contributed by atoms with Crippen molar-refractivity contribution in [2.75, 3.05) is 0 Å². The molecular weight excluding hydrogens is 565 g/mol. The lowest BCUT2D eigenvalue weighted by atomic mass is 9.97. The molecule has 0 rings (SSSR count). The van der Waals surface area contributed by atoms with E-state index in [9.17, 15) is 4.79 Å². The van der Waals surface area contributed by atoms with Crippen LogP contribution < -0.4 is 0 Å². The van der Waals surface area contributed by atoms with Crippen LogP contribution in [-0.2, 0) is 13.6 Å². The number of rotatable bonds is 16. The van der Waals surface area contributed by atoms with Gasteiger partial charge >= 0.3 is 0 Å². The van der Waals surface area contributed by atoms with E-state index in [4.69, 9.17) is 8.85 Å². The van der Waals surface area contributed by atoms with E-state index in [-0.39, 0.29) is 28.2 Å². The van der Waals surface area contributed by atoms with Crippen LogP contribution in [0, 0.1) is 23.3 Å². The Balaban J connectivity index is 6.27. The van der Waals surface area contributed by atoms with E-state index in [1.165, 1.54) is 0 Å². The fraction of sp³-hybridized carbons (Fsp3) is 0.861. The second-order valence-electron chi connectivity index (χ2n) is 17.0. The van der Waals surface area contributed by atoms with E-state index < -0.39 is 24.7 Å². The number of unbranched alkanes of at least 4 members (excludes halogenated alkanes) is 1. The van der Waals surface area contributed by atoms with Gasteiger partial charge in [-0.3, -0.25) is 0 Å². The molecule has 0 aliphatic heterocycles. The van der Waals surface area contributed by atoms with E-state index in [1.54, 1.807) is 0 Å². The summed E-state index contributed by atoms with van der Waals surface area (Å²) in [5, 5.41) is 0.291. The molecule has 0 saturated heterocycles. The van der Waals surface area contributed by atoms with Gasteiger partial charge < -0.3 is 13.6 Å². The molecule has 0 spiro atoms. The van der Waals surface area contributed by atoms with Crippen molar-refractivity contribution in [1.82, 2.24) is 0 Å². The molecule has 0 aliphatic carbocycles. The highest BCUT2D eigenvalue weighted by atomic mass is 28.4. The summed E-state index contributed by atoms with van der Waals surface area (Å²) in [6.45, 7) is 42.1. The average Bonchev–Trinajstić information content (AvgIpc) is 2.79. The standard InChI is InChI=1S/C36H72O3Si3/c1-28(2)42(29(3)4,30(5)6)26-24-34(39-41(17,18)36(12,13)14)32(8)23-22-31(7)27-33(21-19-20-25-37)38-40(15,16)35(9,10)11/h22-23,25,28-34H,19-21,27H2,1-18H3/b23-22+/t31-,32+,33-,34+/m1/s1. The zero-order chi connectivity index (χ0) is 33.3. The van der Waals surface area contributed by atoms with E-state index in [1.807, 2.05) is 0 Å². The van der Waals surface area contributed by atoms with E-state index >= 15 is 0 Å². The summed E-state index contributed by atoms with van der Waals surface area (Å²) in [6.07, 6.45) is 9.24. The van der Waals surface area contributed by atoms with Crippen LogP contribution in [0.3, 0.4) is 0 Å². The summed E-state index contributed by atoms with van der Waals surface area (Å²) < 4.78 is 13.9. The fourth-order valence-corrected chi connectivity index (χ4v) is 13.5. The van der Waals surface area contributed by atoms with Crippen LogP contribution >= 0.6 is 0 Å². The highest BCUT2D eigenvalue weighted by Crippen LogP contribution is 2.42. The molecule has 0 aromatic heterocycles. The first-order chi connectivity index (χ1) is 18.9. The largest absolute Gasteiger partial charge is 0.414 e. The number of carbonyl (C=O) groups excluding carboxylic acids is 1. The topological polar surface area (TPSA) is 35.5 Å². The third-order valence-corrected chi connectivity index (χ3v) is 25.8. The molecule has 4 atom stereocenters. The number of hydrogen-bond acceptors (Lipinski definition) is 3. The SMILES string of the molecule is CC(C)[Si](C#C[C@H](O[Si](C)(C)C(C)(C)C)[C@@H](C)/C=C/[C@@H](C)C[C@@H](CCCC=O)O[Si](C)(C)C(C)(C)C)(C(C)C)C(C)C. The Morgan fingerprint density at radius 3 is 1.57 bits per heavy atom. The number of hydrogen-bond donors (Lipinski definition) is 0. The summed E-state index contributed by atoms with van der Waals surface area (Å²) in [6, 6.07) is 0. The van der Waals surface area contributed by atoms with E-state index in [2.05, 4.69) is 147 Å². The Hall–Kier alpha value is -0.459. The average molecular weight is 637 g/mol. The Morgan fingerprint density at radius 1 is 0.714 bits per heavy atom. The molecule has 42 heavy (non-hydrogen) atoms. The molecule has 0 unspecified atom stereocenters. The first kappa shape index (κ1) is 41.5. The number of allylic oxidation sites excluding steroid dienone is 1. The van der Waals surface area contributed by atoms with Gasteiger partial charge in [0.2, 0.25) is 0 Å². The highest BCUT2D eigenvalue weighted by Gasteiger charge is 2.43. The van der Waals surface area contributed by atoms with Gasteiger partial charge in [-0.25, -0.2) is 0 Å². The molecular formula is C36H72O3Si3. The summed E-state index contributed by atoms with van der Waals surface area (Å²) in [5.41, 5.74) is 5.78. The fourth-order valence-electron chi connectivity index (χ4n) is 5.60. The molecule has 3 nitrogen and oxygen atoms in total. The smallest absolute Gasteiger partial charge is 0.193 e. The third-order valence-electron chi connectivity index (χ3n) is 10.5. The van der Waals surface area contributed by atoms with Crippen molar-refractivity contribution in [1.29, 1.82) is 0 Å². The zero-order valence-electron chi connectivity index (χ0n) is 31.3. The van der Waals surface area contributed by atoms with Crippen LogP contribution in [0.15, 0.2) is 12.2 Å². The van der Waals surface area contributed by atoms with Gasteiger partial charge in [0.05, 0.1) is 0 Å². The maximum atomic E-state index is 11.0. The van der Waals surface area contributed by atoms with Crippen molar-refractivity contribution in [3.05, 3.63) is 12.2 Å². The van der Waals surface area contributed by atoms with Crippen LogP contribution in [0.2, 0.25) is 52.9 Å². The minimum absolute atomic E-state index is 0.107. The van der Waals surface area contributed by atoms with Crippen molar-refractivity contribution < 1.29 is 13.6 Å². The molecule has 0 bridgehead atoms. The van der Waals surface area contributed by atoms with Gasteiger partial charge in [-0.2, -0.15) is 0 Å². The van der Waals surface area contributed by atoms with E-state index in [0.29, 0.717) is 29.0 Å². The minimum atomic E-state index is -2.02. The van der Waals surface area contributed by atoms with Gasteiger partial charge in [0.15, 0.2) is 16.6 Å². The molecule has 0 aliphatic rings. The van der Waals surface area contributed by atoms with Gasteiger partial charge in [0.25, 0.3) is 0 Å². The number of aldehydes is 1. The maximum Gasteiger partial charge on any atom is 0.193 e. The lowest BCUT2D eigenvalue weighted by molar-refractivity contribution is -0.108. The lowest BCUT2D eigenvalue weighted by Gasteiger charge is -2.40. The molecule has 0 fully saturated rings. The molecule has 0 heterocycles. The summed E-state index contributed by atoms with van der Waals surface area (Å²) in [4.78, 5) is 11.0. The summed E-state index contributed by atoms with van der Waals surface area (Å²) in [5.74, 6) is 4.37. The van der Waals surface area contributed by atoms with Crippen molar-refractivity contribution in [3.63, 3.8) is 0 Å². The second kappa shape index (κ2) is 16.7. The Labute approximate surface area is 267 Å². The quantitative estimate of drug-likeness (QED) is 0.0556. The van der Waals surface area contributed by atoms with Crippen molar-refractivity contribution in [2.45, 2.75) is 188 Å². The molecule has 6 heteroatoms. The van der Waals surface area contributed by atoms with Gasteiger partial charge in [-0.1, -0.05) is 115 Å². The maximum absolute atomic E-state index is 11.0. The molecule has 0 radical (unpaired) electrons. The van der Waals surface area contributed by atoms with Crippen molar-refractivity contribution in [3.8, 4) is 11.5 Å². The molecule has 0 amide bonds. The van der Waals surface area contributed by atoms with Gasteiger partial charge in [0.1, 0.15) is 20.5 Å². The number of carbonyl (C=O) groups is 1. The predicted molar refractivity (Wildman–Crippen MR) is 195 cm³/mol. The zero-order valence-corrected chi connectivity index (χ0v) is 34.3. The molecule has 0 N–H and O–H groups in total. The van der Waals surface area contributed by atoms with Gasteiger partial charge in [-0.15, -0.1) is 5.54 Å². The highest BCUT2D eigenvalue weighted by molar-refractivity contribution is 6.90. The Morgan fingerprint density at radius 2 is 1.17 bits per heavy atom. The van der Waals surface area contributed by atoms with E-state index in [0.717, 1.165) is 25.5 Å². The second-order valence-corrected chi connectivity index (χ2v) is 32.1. The van der Waals surface area contributed by atoms with Crippen LogP contribution in [-0.4, -0.2) is 43.2 Å². The Kier molecular flexibility index (Phi) is 16.6. The van der Waals surface area contributed by atoms with Crippen molar-refractivity contribution >= 4 is 31.0 Å². The van der Waals surface area contributed by atoms with Crippen molar-refractivity contribution in [2.24, 2.45) is 11.8 Å². The molecule has 0 aromatic rings. The summed E-state index contributed by atoms with van der Waals surface area (Å²) >= 11 is 0. The van der Waals surface area contributed by atoms with Crippen LogP contribution in [0.4, 0.5) is 0 Å². The van der Waals surface area contributed by atoms with Crippen LogP contribution in [0.1, 0.15) is 123 Å². The third kappa shape index (κ3) is 12.1. The molecule has 0 aromatic carbocycles.